The molecule has 6 heteroatoms. The Morgan fingerprint density at radius 2 is 2.00 bits per heavy atom. The summed E-state index contributed by atoms with van der Waals surface area (Å²) in [5.74, 6) is -1.82. The van der Waals surface area contributed by atoms with Crippen molar-refractivity contribution in [2.75, 3.05) is 5.32 Å². The molecule has 2 aromatic rings. The SMILES string of the molecule is CC(C(=O)O)c1cccc(NC(=O)c2csc(C(C)(C)C)n2)c1. The predicted molar refractivity (Wildman–Crippen MR) is 91.3 cm³/mol. The molecule has 0 bridgehead atoms. The second kappa shape index (κ2) is 6.50. The van der Waals surface area contributed by atoms with E-state index in [0.717, 1.165) is 5.01 Å². The summed E-state index contributed by atoms with van der Waals surface area (Å²) in [5.41, 5.74) is 1.48. The molecule has 1 amide bonds. The van der Waals surface area contributed by atoms with Crippen LogP contribution in [0.5, 0.6) is 0 Å². The summed E-state index contributed by atoms with van der Waals surface area (Å²) in [7, 11) is 0. The van der Waals surface area contributed by atoms with Crippen LogP contribution in [0.1, 0.15) is 54.7 Å². The number of hydrogen-bond donors (Lipinski definition) is 2. The van der Waals surface area contributed by atoms with Crippen molar-refractivity contribution in [1.82, 2.24) is 4.98 Å². The monoisotopic (exact) mass is 332 g/mol. The van der Waals surface area contributed by atoms with Crippen LogP contribution in [0.15, 0.2) is 29.6 Å². The molecule has 0 radical (unpaired) electrons. The van der Waals surface area contributed by atoms with Crippen LogP contribution >= 0.6 is 11.3 Å². The Morgan fingerprint density at radius 3 is 2.57 bits per heavy atom. The fraction of sp³-hybridized carbons (Fsp3) is 0.353. The number of carboxylic acids is 1. The highest BCUT2D eigenvalue weighted by Gasteiger charge is 2.20. The van der Waals surface area contributed by atoms with Crippen LogP contribution in [0, 0.1) is 0 Å². The van der Waals surface area contributed by atoms with Crippen LogP contribution in [0.3, 0.4) is 0 Å². The van der Waals surface area contributed by atoms with Gasteiger partial charge in [0, 0.05) is 16.5 Å². The smallest absolute Gasteiger partial charge is 0.310 e. The molecule has 2 N–H and O–H groups in total. The molecule has 122 valence electrons. The van der Waals surface area contributed by atoms with Gasteiger partial charge in [0.25, 0.3) is 5.91 Å². The van der Waals surface area contributed by atoms with Crippen LogP contribution in [0.25, 0.3) is 0 Å². The maximum absolute atomic E-state index is 12.3. The van der Waals surface area contributed by atoms with Gasteiger partial charge in [-0.2, -0.15) is 0 Å². The molecule has 0 saturated heterocycles. The normalized spacial score (nSPS) is 12.7. The quantitative estimate of drug-likeness (QED) is 0.890. The van der Waals surface area contributed by atoms with Gasteiger partial charge in [-0.1, -0.05) is 32.9 Å². The van der Waals surface area contributed by atoms with E-state index < -0.39 is 11.9 Å². The van der Waals surface area contributed by atoms with E-state index in [9.17, 15) is 9.59 Å². The summed E-state index contributed by atoms with van der Waals surface area (Å²) in [4.78, 5) is 27.7. The third kappa shape index (κ3) is 4.16. The number of aliphatic carboxylic acids is 1. The van der Waals surface area contributed by atoms with E-state index in [4.69, 9.17) is 5.11 Å². The standard InChI is InChI=1S/C17H20N2O3S/c1-10(15(21)22)11-6-5-7-12(8-11)18-14(20)13-9-23-16(19-13)17(2,3)4/h5-10H,1-4H3,(H,18,20)(H,21,22). The highest BCUT2D eigenvalue weighted by atomic mass is 32.1. The Morgan fingerprint density at radius 1 is 1.30 bits per heavy atom. The molecule has 1 atom stereocenters. The number of rotatable bonds is 4. The Labute approximate surface area is 139 Å². The summed E-state index contributed by atoms with van der Waals surface area (Å²) in [5, 5.41) is 14.5. The maximum Gasteiger partial charge on any atom is 0.310 e. The molecule has 23 heavy (non-hydrogen) atoms. The van der Waals surface area contributed by atoms with Gasteiger partial charge in [-0.15, -0.1) is 11.3 Å². The van der Waals surface area contributed by atoms with Crippen LogP contribution in [0.2, 0.25) is 0 Å². The molecule has 0 saturated carbocycles. The predicted octanol–water partition coefficient (Wildman–Crippen LogP) is 3.88. The molecule has 0 aliphatic heterocycles. The van der Waals surface area contributed by atoms with Crippen molar-refractivity contribution >= 4 is 28.9 Å². The van der Waals surface area contributed by atoms with Gasteiger partial charge in [0.15, 0.2) is 0 Å². The van der Waals surface area contributed by atoms with E-state index >= 15 is 0 Å². The molecule has 0 aliphatic rings. The largest absolute Gasteiger partial charge is 0.481 e. The fourth-order valence-corrected chi connectivity index (χ4v) is 2.83. The van der Waals surface area contributed by atoms with Crippen molar-refractivity contribution < 1.29 is 14.7 Å². The third-order valence-corrected chi connectivity index (χ3v) is 4.66. The molecular formula is C17H20N2O3S. The Bertz CT molecular complexity index is 731. The number of thiazole rings is 1. The first kappa shape index (κ1) is 17.1. The third-order valence-electron chi connectivity index (χ3n) is 3.39. The van der Waals surface area contributed by atoms with Gasteiger partial charge in [-0.05, 0) is 24.6 Å². The number of benzene rings is 1. The molecule has 0 spiro atoms. The number of hydrogen-bond acceptors (Lipinski definition) is 4. The number of carbonyl (C=O) groups is 2. The Kier molecular flexibility index (Phi) is 4.85. The molecule has 5 nitrogen and oxygen atoms in total. The second-order valence-electron chi connectivity index (χ2n) is 6.43. The summed E-state index contributed by atoms with van der Waals surface area (Å²) in [6, 6.07) is 6.86. The van der Waals surface area contributed by atoms with E-state index in [2.05, 4.69) is 10.3 Å². The van der Waals surface area contributed by atoms with Gasteiger partial charge in [-0.25, -0.2) is 4.98 Å². The van der Waals surface area contributed by atoms with E-state index in [1.165, 1.54) is 11.3 Å². The van der Waals surface area contributed by atoms with Gasteiger partial charge in [0.05, 0.1) is 10.9 Å². The second-order valence-corrected chi connectivity index (χ2v) is 7.29. The number of carboxylic acid groups (broad SMARTS) is 1. The first-order chi connectivity index (χ1) is 10.7. The van der Waals surface area contributed by atoms with Crippen LogP contribution in [-0.4, -0.2) is 22.0 Å². The van der Waals surface area contributed by atoms with Gasteiger partial charge >= 0.3 is 5.97 Å². The van der Waals surface area contributed by atoms with Crippen LogP contribution < -0.4 is 5.32 Å². The summed E-state index contributed by atoms with van der Waals surface area (Å²) >= 11 is 1.46. The van der Waals surface area contributed by atoms with E-state index in [0.29, 0.717) is 16.9 Å². The summed E-state index contributed by atoms with van der Waals surface area (Å²) in [6.07, 6.45) is 0. The number of carbonyl (C=O) groups excluding carboxylic acids is 1. The van der Waals surface area contributed by atoms with Crippen molar-refractivity contribution in [3.05, 3.63) is 45.9 Å². The molecule has 0 fully saturated rings. The average Bonchev–Trinajstić information content (AvgIpc) is 2.96. The summed E-state index contributed by atoms with van der Waals surface area (Å²) < 4.78 is 0. The molecule has 0 aliphatic carbocycles. The first-order valence-electron chi connectivity index (χ1n) is 7.28. The zero-order valence-electron chi connectivity index (χ0n) is 13.6. The lowest BCUT2D eigenvalue weighted by Crippen LogP contribution is -2.15. The minimum absolute atomic E-state index is 0.0972. The van der Waals surface area contributed by atoms with Gasteiger partial charge in [0.1, 0.15) is 5.69 Å². The molecule has 1 aromatic carbocycles. The minimum atomic E-state index is -0.900. The van der Waals surface area contributed by atoms with Gasteiger partial charge in [-0.3, -0.25) is 9.59 Å². The molecule has 1 heterocycles. The van der Waals surface area contributed by atoms with Crippen molar-refractivity contribution in [2.24, 2.45) is 0 Å². The number of nitrogens with one attached hydrogen (secondary N) is 1. The zero-order valence-corrected chi connectivity index (χ0v) is 14.4. The minimum Gasteiger partial charge on any atom is -0.481 e. The lowest BCUT2D eigenvalue weighted by atomic mass is 9.98. The molecule has 2 rings (SSSR count). The summed E-state index contributed by atoms with van der Waals surface area (Å²) in [6.45, 7) is 7.75. The van der Waals surface area contributed by atoms with Gasteiger partial charge < -0.3 is 10.4 Å². The highest BCUT2D eigenvalue weighted by molar-refractivity contribution is 7.10. The number of aromatic nitrogens is 1. The number of amides is 1. The molecular weight excluding hydrogens is 312 g/mol. The fourth-order valence-electron chi connectivity index (χ4n) is 1.95. The van der Waals surface area contributed by atoms with Crippen molar-refractivity contribution in [3.8, 4) is 0 Å². The van der Waals surface area contributed by atoms with Crippen LogP contribution in [-0.2, 0) is 10.2 Å². The Balaban J connectivity index is 2.16. The van der Waals surface area contributed by atoms with E-state index in [1.807, 2.05) is 20.8 Å². The topological polar surface area (TPSA) is 79.3 Å². The van der Waals surface area contributed by atoms with Crippen molar-refractivity contribution in [1.29, 1.82) is 0 Å². The van der Waals surface area contributed by atoms with Crippen LogP contribution in [0.4, 0.5) is 5.69 Å². The van der Waals surface area contributed by atoms with E-state index in [-0.39, 0.29) is 11.3 Å². The lowest BCUT2D eigenvalue weighted by molar-refractivity contribution is -0.138. The Hall–Kier alpha value is -2.21. The zero-order chi connectivity index (χ0) is 17.2. The lowest BCUT2D eigenvalue weighted by Gasteiger charge is -2.13. The van der Waals surface area contributed by atoms with Crippen molar-refractivity contribution in [3.63, 3.8) is 0 Å². The maximum atomic E-state index is 12.3. The molecule has 1 unspecified atom stereocenters. The van der Waals surface area contributed by atoms with E-state index in [1.54, 1.807) is 36.6 Å². The molecule has 1 aromatic heterocycles. The first-order valence-corrected chi connectivity index (χ1v) is 8.16. The van der Waals surface area contributed by atoms with Gasteiger partial charge in [0.2, 0.25) is 0 Å². The number of anilines is 1. The average molecular weight is 332 g/mol. The highest BCUT2D eigenvalue weighted by Crippen LogP contribution is 2.26. The van der Waals surface area contributed by atoms with Crippen molar-refractivity contribution in [2.45, 2.75) is 39.0 Å². The number of nitrogens with zero attached hydrogens (tertiary/aromatic N) is 1.